The van der Waals surface area contributed by atoms with Gasteiger partial charge in [-0.15, -0.1) is 0 Å². The van der Waals surface area contributed by atoms with Crippen LogP contribution in [0.15, 0.2) is 12.1 Å². The minimum absolute atomic E-state index is 0.0144. The maximum Gasteiger partial charge on any atom is 0.255 e. The molecule has 1 fully saturated rings. The van der Waals surface area contributed by atoms with Crippen molar-refractivity contribution >= 4 is 35.0 Å². The number of hydrogen-bond acceptors (Lipinski definition) is 3. The van der Waals surface area contributed by atoms with Gasteiger partial charge in [-0.2, -0.15) is 0 Å². The number of nitrogens with zero attached hydrogens (tertiary/aromatic N) is 2. The Morgan fingerprint density at radius 3 is 2.46 bits per heavy atom. The maximum absolute atomic E-state index is 13.6. The predicted octanol–water partition coefficient (Wildman–Crippen LogP) is 2.42. The molecule has 0 atom stereocenters. The van der Waals surface area contributed by atoms with E-state index in [2.05, 4.69) is 5.32 Å². The van der Waals surface area contributed by atoms with Gasteiger partial charge >= 0.3 is 0 Å². The van der Waals surface area contributed by atoms with E-state index >= 15 is 0 Å². The fourth-order valence-electron chi connectivity index (χ4n) is 2.49. The molecule has 0 aliphatic carbocycles. The summed E-state index contributed by atoms with van der Waals surface area (Å²) in [6.07, 6.45) is 0.895. The zero-order valence-corrected chi connectivity index (χ0v) is 15.0. The quantitative estimate of drug-likeness (QED) is 0.804. The Morgan fingerprint density at radius 2 is 1.83 bits per heavy atom. The number of piperazine rings is 1. The van der Waals surface area contributed by atoms with Crippen LogP contribution in [0.1, 0.15) is 23.7 Å². The summed E-state index contributed by atoms with van der Waals surface area (Å²) in [7, 11) is 0. The van der Waals surface area contributed by atoms with Gasteiger partial charge in [0.1, 0.15) is 5.82 Å². The second-order valence-electron chi connectivity index (χ2n) is 5.66. The van der Waals surface area contributed by atoms with E-state index in [0.29, 0.717) is 39.3 Å². The third-order valence-electron chi connectivity index (χ3n) is 3.84. The van der Waals surface area contributed by atoms with Crippen LogP contribution in [0.2, 0.25) is 10.0 Å². The van der Waals surface area contributed by atoms with Crippen molar-refractivity contribution in [3.05, 3.63) is 33.6 Å². The number of halogens is 3. The van der Waals surface area contributed by atoms with Crippen LogP contribution in [-0.2, 0) is 4.79 Å². The van der Waals surface area contributed by atoms with Gasteiger partial charge in [-0.1, -0.05) is 30.1 Å². The average Bonchev–Trinajstić information content (AvgIpc) is 2.56. The number of rotatable bonds is 5. The van der Waals surface area contributed by atoms with Crippen LogP contribution in [-0.4, -0.2) is 60.9 Å². The molecule has 0 radical (unpaired) electrons. The summed E-state index contributed by atoms with van der Waals surface area (Å²) in [6.45, 7) is 5.06. The highest BCUT2D eigenvalue weighted by Gasteiger charge is 2.25. The molecule has 0 unspecified atom stereocenters. The van der Waals surface area contributed by atoms with Crippen LogP contribution in [0.3, 0.4) is 0 Å². The summed E-state index contributed by atoms with van der Waals surface area (Å²) < 4.78 is 13.6. The smallest absolute Gasteiger partial charge is 0.255 e. The molecule has 8 heteroatoms. The van der Waals surface area contributed by atoms with Crippen molar-refractivity contribution in [1.29, 1.82) is 0 Å². The van der Waals surface area contributed by atoms with E-state index in [0.717, 1.165) is 12.5 Å². The van der Waals surface area contributed by atoms with Gasteiger partial charge in [0.2, 0.25) is 5.91 Å². The Morgan fingerprint density at radius 1 is 1.17 bits per heavy atom. The summed E-state index contributed by atoms with van der Waals surface area (Å²) in [4.78, 5) is 27.8. The molecular formula is C16H20Cl2FN3O2. The third-order valence-corrected chi connectivity index (χ3v) is 4.44. The summed E-state index contributed by atoms with van der Waals surface area (Å²) in [5.41, 5.74) is 0.104. The minimum atomic E-state index is -0.671. The first-order valence-corrected chi connectivity index (χ1v) is 8.60. The molecule has 24 heavy (non-hydrogen) atoms. The van der Waals surface area contributed by atoms with Crippen LogP contribution in [0.25, 0.3) is 0 Å². The highest BCUT2D eigenvalue weighted by Crippen LogP contribution is 2.25. The first-order chi connectivity index (χ1) is 11.4. The van der Waals surface area contributed by atoms with Crippen molar-refractivity contribution < 1.29 is 14.0 Å². The van der Waals surface area contributed by atoms with E-state index in [1.165, 1.54) is 6.07 Å². The first-order valence-electron chi connectivity index (χ1n) is 7.85. The Labute approximate surface area is 150 Å². The Kier molecular flexibility index (Phi) is 6.83. The lowest BCUT2D eigenvalue weighted by Gasteiger charge is -2.34. The Balaban J connectivity index is 1.91. The number of carbonyl (C=O) groups is 2. The fraction of sp³-hybridized carbons (Fsp3) is 0.500. The molecule has 1 aliphatic rings. The van der Waals surface area contributed by atoms with Gasteiger partial charge < -0.3 is 10.2 Å². The molecule has 0 spiro atoms. The zero-order chi connectivity index (χ0) is 17.7. The number of carbonyl (C=O) groups excluding carboxylic acids is 2. The van der Waals surface area contributed by atoms with Gasteiger partial charge in [0.15, 0.2) is 0 Å². The molecule has 1 aliphatic heterocycles. The van der Waals surface area contributed by atoms with Gasteiger partial charge in [-0.3, -0.25) is 14.5 Å². The van der Waals surface area contributed by atoms with Gasteiger partial charge in [-0.25, -0.2) is 4.39 Å². The van der Waals surface area contributed by atoms with E-state index < -0.39 is 5.82 Å². The van der Waals surface area contributed by atoms with Crippen LogP contribution in [0.5, 0.6) is 0 Å². The van der Waals surface area contributed by atoms with Crippen molar-refractivity contribution in [2.45, 2.75) is 13.3 Å². The summed E-state index contributed by atoms with van der Waals surface area (Å²) in [5, 5.41) is 2.85. The lowest BCUT2D eigenvalue weighted by atomic mass is 10.1. The van der Waals surface area contributed by atoms with Gasteiger partial charge in [0.05, 0.1) is 22.2 Å². The molecule has 1 N–H and O–H groups in total. The van der Waals surface area contributed by atoms with Crippen molar-refractivity contribution in [3.8, 4) is 0 Å². The number of hydrogen-bond donors (Lipinski definition) is 1. The third kappa shape index (κ3) is 4.82. The second kappa shape index (κ2) is 8.65. The maximum atomic E-state index is 13.6. The molecule has 1 aromatic carbocycles. The molecule has 0 bridgehead atoms. The molecule has 0 saturated carbocycles. The SMILES string of the molecule is CCCNC(=O)CN1CCN(C(=O)c2cc(F)c(Cl)cc2Cl)CC1. The van der Waals surface area contributed by atoms with E-state index in [9.17, 15) is 14.0 Å². The summed E-state index contributed by atoms with van der Waals surface area (Å²) >= 11 is 11.7. The zero-order valence-electron chi connectivity index (χ0n) is 13.4. The summed E-state index contributed by atoms with van der Waals surface area (Å²) in [5.74, 6) is -1.01. The molecule has 1 saturated heterocycles. The van der Waals surface area contributed by atoms with Crippen LogP contribution in [0.4, 0.5) is 4.39 Å². The number of benzene rings is 1. The molecule has 132 valence electrons. The number of amides is 2. The standard InChI is InChI=1S/C16H20Cl2FN3O2/c1-2-3-20-15(23)10-21-4-6-22(7-5-21)16(24)11-8-14(19)13(18)9-12(11)17/h8-9H,2-7,10H2,1H3,(H,20,23). The molecule has 0 aromatic heterocycles. The van der Waals surface area contributed by atoms with Crippen LogP contribution >= 0.6 is 23.2 Å². The van der Waals surface area contributed by atoms with E-state index in [4.69, 9.17) is 23.2 Å². The largest absolute Gasteiger partial charge is 0.355 e. The van der Waals surface area contributed by atoms with Crippen molar-refractivity contribution in [2.75, 3.05) is 39.3 Å². The minimum Gasteiger partial charge on any atom is -0.355 e. The fourth-order valence-corrected chi connectivity index (χ4v) is 2.95. The molecular weight excluding hydrogens is 356 g/mol. The average molecular weight is 376 g/mol. The van der Waals surface area contributed by atoms with Crippen LogP contribution in [0, 0.1) is 5.82 Å². The van der Waals surface area contributed by atoms with Crippen molar-refractivity contribution in [3.63, 3.8) is 0 Å². The summed E-state index contributed by atoms with van der Waals surface area (Å²) in [6, 6.07) is 2.30. The highest BCUT2D eigenvalue weighted by molar-refractivity contribution is 6.36. The van der Waals surface area contributed by atoms with E-state index in [-0.39, 0.29) is 27.4 Å². The molecule has 2 rings (SSSR count). The molecule has 1 aromatic rings. The topological polar surface area (TPSA) is 52.7 Å². The molecule has 2 amide bonds. The Hall–Kier alpha value is -1.37. The van der Waals surface area contributed by atoms with Crippen molar-refractivity contribution in [2.24, 2.45) is 0 Å². The first kappa shape index (κ1) is 19.0. The highest BCUT2D eigenvalue weighted by atomic mass is 35.5. The van der Waals surface area contributed by atoms with Crippen molar-refractivity contribution in [1.82, 2.24) is 15.1 Å². The predicted molar refractivity (Wildman–Crippen MR) is 92.1 cm³/mol. The van der Waals surface area contributed by atoms with Gasteiger partial charge in [-0.05, 0) is 18.6 Å². The van der Waals surface area contributed by atoms with Gasteiger partial charge in [0.25, 0.3) is 5.91 Å². The van der Waals surface area contributed by atoms with Gasteiger partial charge in [0, 0.05) is 32.7 Å². The normalized spacial score (nSPS) is 15.4. The van der Waals surface area contributed by atoms with Crippen LogP contribution < -0.4 is 5.32 Å². The van der Waals surface area contributed by atoms with E-state index in [1.807, 2.05) is 11.8 Å². The Bertz CT molecular complexity index is 620. The number of nitrogens with one attached hydrogen (secondary N) is 1. The monoisotopic (exact) mass is 375 g/mol. The molecule has 5 nitrogen and oxygen atoms in total. The second-order valence-corrected chi connectivity index (χ2v) is 6.48. The molecule has 1 heterocycles. The lowest BCUT2D eigenvalue weighted by molar-refractivity contribution is -0.122. The van der Waals surface area contributed by atoms with E-state index in [1.54, 1.807) is 4.90 Å². The lowest BCUT2D eigenvalue weighted by Crippen LogP contribution is -2.51.